The van der Waals surface area contributed by atoms with Crippen molar-refractivity contribution in [2.24, 2.45) is 13.0 Å². The van der Waals surface area contributed by atoms with Crippen LogP contribution in [0.5, 0.6) is 0 Å². The molecule has 1 aromatic heterocycles. The lowest BCUT2D eigenvalue weighted by molar-refractivity contribution is -0.150. The molecule has 1 saturated heterocycles. The fourth-order valence-electron chi connectivity index (χ4n) is 3.34. The van der Waals surface area contributed by atoms with Gasteiger partial charge in [-0.2, -0.15) is 0 Å². The largest absolute Gasteiger partial charge is 0.466 e. The highest BCUT2D eigenvalue weighted by molar-refractivity contribution is 7.71. The van der Waals surface area contributed by atoms with Crippen molar-refractivity contribution in [3.8, 4) is 0 Å². The molecule has 23 heavy (non-hydrogen) atoms. The molecule has 1 aliphatic rings. The molecule has 5 nitrogen and oxygen atoms in total. The Balaban J connectivity index is 1.81. The summed E-state index contributed by atoms with van der Waals surface area (Å²) < 4.78 is 10.2. The van der Waals surface area contributed by atoms with Crippen molar-refractivity contribution in [3.63, 3.8) is 0 Å². The van der Waals surface area contributed by atoms with Crippen LogP contribution in [0.3, 0.4) is 0 Å². The van der Waals surface area contributed by atoms with Crippen LogP contribution in [0, 0.1) is 10.7 Å². The van der Waals surface area contributed by atoms with Crippen LogP contribution < -0.4 is 0 Å². The fraction of sp³-hybridized carbons (Fsp3) is 0.529. The number of imidazole rings is 1. The van der Waals surface area contributed by atoms with E-state index in [0.717, 1.165) is 48.4 Å². The van der Waals surface area contributed by atoms with Crippen molar-refractivity contribution in [1.82, 2.24) is 14.0 Å². The molecule has 2 heterocycles. The van der Waals surface area contributed by atoms with E-state index in [1.165, 1.54) is 0 Å². The lowest BCUT2D eigenvalue weighted by Gasteiger charge is -2.31. The molecule has 0 N–H and O–H groups in total. The van der Waals surface area contributed by atoms with Crippen molar-refractivity contribution >= 4 is 29.2 Å². The summed E-state index contributed by atoms with van der Waals surface area (Å²) in [5.41, 5.74) is 2.27. The minimum Gasteiger partial charge on any atom is -0.466 e. The Morgan fingerprint density at radius 3 is 2.83 bits per heavy atom. The van der Waals surface area contributed by atoms with Crippen LogP contribution in [0.25, 0.3) is 11.0 Å². The zero-order valence-electron chi connectivity index (χ0n) is 13.7. The number of hydrogen-bond donors (Lipinski definition) is 0. The maximum absolute atomic E-state index is 12.0. The maximum Gasteiger partial charge on any atom is 0.310 e. The average Bonchev–Trinajstić information content (AvgIpc) is 2.81. The molecule has 0 spiro atoms. The number of carbonyl (C=O) groups excluding carboxylic acids is 1. The predicted molar refractivity (Wildman–Crippen MR) is 92.7 cm³/mol. The Morgan fingerprint density at radius 2 is 2.09 bits per heavy atom. The van der Waals surface area contributed by atoms with E-state index in [0.29, 0.717) is 6.61 Å². The summed E-state index contributed by atoms with van der Waals surface area (Å²) in [6.45, 7) is 4.75. The topological polar surface area (TPSA) is 39.4 Å². The van der Waals surface area contributed by atoms with E-state index in [1.54, 1.807) is 0 Å². The number of para-hydroxylation sites is 2. The van der Waals surface area contributed by atoms with Crippen LogP contribution >= 0.6 is 12.2 Å². The van der Waals surface area contributed by atoms with Crippen LogP contribution in [-0.4, -0.2) is 39.7 Å². The molecule has 1 fully saturated rings. The summed E-state index contributed by atoms with van der Waals surface area (Å²) in [4.78, 5) is 14.3. The van der Waals surface area contributed by atoms with Gasteiger partial charge < -0.3 is 13.9 Å². The maximum atomic E-state index is 12.0. The van der Waals surface area contributed by atoms with Gasteiger partial charge >= 0.3 is 5.97 Å². The Bertz CT molecular complexity index is 765. The first-order valence-electron chi connectivity index (χ1n) is 8.15. The SMILES string of the molecule is CCOC(=O)[C@@H]1CCCN(Cn2c(=S)n(C)c3ccccc32)C1. The quantitative estimate of drug-likeness (QED) is 0.637. The fourth-order valence-corrected chi connectivity index (χ4v) is 3.59. The highest BCUT2D eigenvalue weighted by Gasteiger charge is 2.27. The first-order chi connectivity index (χ1) is 11.1. The van der Waals surface area contributed by atoms with Crippen LogP contribution in [0.2, 0.25) is 0 Å². The molecule has 0 aliphatic carbocycles. The number of esters is 1. The van der Waals surface area contributed by atoms with Gasteiger partial charge in [0.05, 0.1) is 30.2 Å². The van der Waals surface area contributed by atoms with E-state index in [-0.39, 0.29) is 11.9 Å². The Kier molecular flexibility index (Phi) is 4.82. The van der Waals surface area contributed by atoms with Crippen LogP contribution in [-0.2, 0) is 23.2 Å². The third kappa shape index (κ3) is 3.19. The third-order valence-electron chi connectivity index (χ3n) is 4.52. The molecule has 0 radical (unpaired) electrons. The normalized spacial score (nSPS) is 19.1. The molecule has 1 atom stereocenters. The number of benzene rings is 1. The number of fused-ring (bicyclic) bond motifs is 1. The van der Waals surface area contributed by atoms with Crippen LogP contribution in [0.15, 0.2) is 24.3 Å². The molecule has 6 heteroatoms. The van der Waals surface area contributed by atoms with E-state index in [9.17, 15) is 4.79 Å². The minimum atomic E-state index is -0.0706. The monoisotopic (exact) mass is 333 g/mol. The Morgan fingerprint density at radius 1 is 1.35 bits per heavy atom. The van der Waals surface area contributed by atoms with Gasteiger partial charge in [-0.25, -0.2) is 0 Å². The molecule has 2 aromatic rings. The smallest absolute Gasteiger partial charge is 0.310 e. The molecule has 0 unspecified atom stereocenters. The van der Waals surface area contributed by atoms with Gasteiger partial charge in [-0.05, 0) is 50.7 Å². The van der Waals surface area contributed by atoms with Gasteiger partial charge in [0.2, 0.25) is 0 Å². The minimum absolute atomic E-state index is 0.0205. The molecule has 0 amide bonds. The zero-order chi connectivity index (χ0) is 16.4. The first kappa shape index (κ1) is 16.2. The number of ether oxygens (including phenoxy) is 1. The van der Waals surface area contributed by atoms with E-state index in [1.807, 2.05) is 30.7 Å². The van der Waals surface area contributed by atoms with E-state index < -0.39 is 0 Å². The van der Waals surface area contributed by atoms with Gasteiger partial charge in [-0.15, -0.1) is 0 Å². The number of aryl methyl sites for hydroxylation is 1. The molecular weight excluding hydrogens is 310 g/mol. The summed E-state index contributed by atoms with van der Waals surface area (Å²) in [6.07, 6.45) is 1.93. The molecule has 3 rings (SSSR count). The highest BCUT2D eigenvalue weighted by Crippen LogP contribution is 2.21. The van der Waals surface area contributed by atoms with E-state index >= 15 is 0 Å². The number of nitrogens with zero attached hydrogens (tertiary/aromatic N) is 3. The average molecular weight is 333 g/mol. The van der Waals surface area contributed by atoms with Gasteiger partial charge in [-0.3, -0.25) is 9.69 Å². The summed E-state index contributed by atoms with van der Waals surface area (Å²) in [7, 11) is 2.00. The van der Waals surface area contributed by atoms with Crippen molar-refractivity contribution in [2.75, 3.05) is 19.7 Å². The predicted octanol–water partition coefficient (Wildman–Crippen LogP) is 2.94. The van der Waals surface area contributed by atoms with Crippen molar-refractivity contribution < 1.29 is 9.53 Å². The molecule has 124 valence electrons. The van der Waals surface area contributed by atoms with Crippen molar-refractivity contribution in [2.45, 2.75) is 26.4 Å². The molecular formula is C17H23N3O2S. The van der Waals surface area contributed by atoms with E-state index in [4.69, 9.17) is 17.0 Å². The van der Waals surface area contributed by atoms with Gasteiger partial charge in [0.1, 0.15) is 0 Å². The first-order valence-corrected chi connectivity index (χ1v) is 8.56. The molecule has 0 saturated carbocycles. The van der Waals surface area contributed by atoms with Gasteiger partial charge in [0.25, 0.3) is 0 Å². The summed E-state index contributed by atoms with van der Waals surface area (Å²) in [5, 5.41) is 0. The van der Waals surface area contributed by atoms with Crippen LogP contribution in [0.1, 0.15) is 19.8 Å². The summed E-state index contributed by atoms with van der Waals surface area (Å²) in [6, 6.07) is 8.24. The molecule has 0 bridgehead atoms. The second kappa shape index (κ2) is 6.84. The number of piperidine rings is 1. The van der Waals surface area contributed by atoms with Gasteiger partial charge in [-0.1, -0.05) is 12.1 Å². The van der Waals surface area contributed by atoms with E-state index in [2.05, 4.69) is 21.6 Å². The highest BCUT2D eigenvalue weighted by atomic mass is 32.1. The number of rotatable bonds is 4. The summed E-state index contributed by atoms with van der Waals surface area (Å²) in [5.74, 6) is -0.0911. The summed E-state index contributed by atoms with van der Waals surface area (Å²) >= 11 is 5.59. The second-order valence-corrected chi connectivity index (χ2v) is 6.43. The molecule has 1 aliphatic heterocycles. The zero-order valence-corrected chi connectivity index (χ0v) is 14.5. The van der Waals surface area contributed by atoms with Gasteiger partial charge in [0.15, 0.2) is 4.77 Å². The lowest BCUT2D eigenvalue weighted by Crippen LogP contribution is -2.40. The van der Waals surface area contributed by atoms with Crippen LogP contribution in [0.4, 0.5) is 0 Å². The van der Waals surface area contributed by atoms with Crippen molar-refractivity contribution in [1.29, 1.82) is 0 Å². The van der Waals surface area contributed by atoms with Gasteiger partial charge in [0, 0.05) is 13.6 Å². The standard InChI is InChI=1S/C17H23N3O2S/c1-3-22-16(21)13-7-6-10-19(11-13)12-20-15-9-5-4-8-14(15)18(2)17(20)23/h4-5,8-9,13H,3,6-7,10-12H2,1-2H3/t13-/m1/s1. The van der Waals surface area contributed by atoms with Crippen molar-refractivity contribution in [3.05, 3.63) is 29.0 Å². The Labute approximate surface area is 141 Å². The number of aromatic nitrogens is 2. The molecule has 1 aromatic carbocycles. The number of hydrogen-bond acceptors (Lipinski definition) is 4. The second-order valence-electron chi connectivity index (χ2n) is 6.07. The number of likely N-dealkylation sites (tertiary alicyclic amines) is 1. The third-order valence-corrected chi connectivity index (χ3v) is 5.01. The lowest BCUT2D eigenvalue weighted by atomic mass is 9.98. The Hall–Kier alpha value is -1.66. The number of carbonyl (C=O) groups is 1.